The first-order valence-corrected chi connectivity index (χ1v) is 7.82. The maximum absolute atomic E-state index is 5.69. The highest BCUT2D eigenvalue weighted by Crippen LogP contribution is 2.33. The third-order valence-corrected chi connectivity index (χ3v) is 4.31. The highest BCUT2D eigenvalue weighted by molar-refractivity contribution is 5.72. The highest BCUT2D eigenvalue weighted by atomic mass is 15.1. The number of pyridine rings is 1. The van der Waals surface area contributed by atoms with Crippen molar-refractivity contribution < 1.29 is 0 Å². The fourth-order valence-corrected chi connectivity index (χ4v) is 3.27. The zero-order valence-corrected chi connectivity index (χ0v) is 12.3. The Labute approximate surface area is 120 Å². The molecule has 2 aromatic heterocycles. The lowest BCUT2D eigenvalue weighted by atomic mass is 9.88. The lowest BCUT2D eigenvalue weighted by molar-refractivity contribution is 0.415. The Morgan fingerprint density at radius 2 is 2.10 bits per heavy atom. The van der Waals surface area contributed by atoms with Crippen LogP contribution in [0.25, 0.3) is 11.2 Å². The molecular formula is C16H24N4. The summed E-state index contributed by atoms with van der Waals surface area (Å²) in [6.45, 7) is 3.73. The number of hydrogen-bond donors (Lipinski definition) is 1. The van der Waals surface area contributed by atoms with Crippen molar-refractivity contribution in [3.8, 4) is 0 Å². The summed E-state index contributed by atoms with van der Waals surface area (Å²) in [5.41, 5.74) is 8.94. The molecule has 20 heavy (non-hydrogen) atoms. The number of nitrogens with two attached hydrogens (primary N) is 1. The lowest BCUT2D eigenvalue weighted by Gasteiger charge is -2.22. The molecule has 0 aliphatic heterocycles. The molecule has 108 valence electrons. The molecule has 0 bridgehead atoms. The number of fused-ring (bicyclic) bond motifs is 1. The smallest absolute Gasteiger partial charge is 0.160 e. The van der Waals surface area contributed by atoms with E-state index < -0.39 is 0 Å². The SMILES string of the molecule is Cc1cnc2c(c1)nc(C1CCCCC1)n2CCCN. The van der Waals surface area contributed by atoms with Gasteiger partial charge in [0.2, 0.25) is 0 Å². The van der Waals surface area contributed by atoms with Gasteiger partial charge in [-0.2, -0.15) is 0 Å². The minimum atomic E-state index is 0.607. The van der Waals surface area contributed by atoms with Gasteiger partial charge in [-0.3, -0.25) is 0 Å². The van der Waals surface area contributed by atoms with E-state index in [1.54, 1.807) is 0 Å². The van der Waals surface area contributed by atoms with Gasteiger partial charge < -0.3 is 10.3 Å². The summed E-state index contributed by atoms with van der Waals surface area (Å²) in [6, 6.07) is 2.15. The molecule has 2 aromatic rings. The predicted octanol–water partition coefficient (Wildman–Crippen LogP) is 3.14. The van der Waals surface area contributed by atoms with Crippen molar-refractivity contribution in [2.24, 2.45) is 5.73 Å². The summed E-state index contributed by atoms with van der Waals surface area (Å²) in [5, 5.41) is 0. The van der Waals surface area contributed by atoms with Crippen molar-refractivity contribution in [3.05, 3.63) is 23.7 Å². The van der Waals surface area contributed by atoms with E-state index in [9.17, 15) is 0 Å². The normalized spacial score (nSPS) is 16.9. The third-order valence-electron chi connectivity index (χ3n) is 4.31. The number of rotatable bonds is 4. The first kappa shape index (κ1) is 13.6. The maximum atomic E-state index is 5.69. The molecule has 1 fully saturated rings. The van der Waals surface area contributed by atoms with Crippen LogP contribution in [0.3, 0.4) is 0 Å². The largest absolute Gasteiger partial charge is 0.330 e. The van der Waals surface area contributed by atoms with Crippen LogP contribution in [0.2, 0.25) is 0 Å². The van der Waals surface area contributed by atoms with E-state index in [-0.39, 0.29) is 0 Å². The summed E-state index contributed by atoms with van der Waals surface area (Å²) < 4.78 is 2.32. The molecule has 1 aliphatic rings. The Morgan fingerprint density at radius 1 is 1.30 bits per heavy atom. The van der Waals surface area contributed by atoms with Crippen LogP contribution in [0.15, 0.2) is 12.3 Å². The van der Waals surface area contributed by atoms with Gasteiger partial charge in [0.15, 0.2) is 5.65 Å². The van der Waals surface area contributed by atoms with E-state index in [4.69, 9.17) is 10.7 Å². The summed E-state index contributed by atoms with van der Waals surface area (Å²) in [7, 11) is 0. The zero-order chi connectivity index (χ0) is 13.9. The number of hydrogen-bond acceptors (Lipinski definition) is 3. The Hall–Kier alpha value is -1.42. The van der Waals surface area contributed by atoms with Crippen LogP contribution in [0.5, 0.6) is 0 Å². The lowest BCUT2D eigenvalue weighted by Crippen LogP contribution is -2.14. The molecule has 0 amide bonds. The Morgan fingerprint density at radius 3 is 2.85 bits per heavy atom. The van der Waals surface area contributed by atoms with E-state index >= 15 is 0 Å². The molecule has 0 unspecified atom stereocenters. The quantitative estimate of drug-likeness (QED) is 0.930. The van der Waals surface area contributed by atoms with Crippen molar-refractivity contribution in [3.63, 3.8) is 0 Å². The van der Waals surface area contributed by atoms with Gasteiger partial charge in [-0.05, 0) is 44.4 Å². The standard InChI is InChI=1S/C16H24N4/c1-12-10-14-16(18-11-12)20(9-5-8-17)15(19-14)13-6-3-2-4-7-13/h10-11,13H,2-9,17H2,1H3. The van der Waals surface area contributed by atoms with E-state index in [1.807, 2.05) is 6.20 Å². The Kier molecular flexibility index (Phi) is 4.01. The van der Waals surface area contributed by atoms with Crippen molar-refractivity contribution in [2.45, 2.75) is 57.9 Å². The van der Waals surface area contributed by atoms with Gasteiger partial charge in [0.1, 0.15) is 11.3 Å². The molecule has 2 N–H and O–H groups in total. The number of aryl methyl sites for hydroxylation is 2. The second-order valence-electron chi connectivity index (χ2n) is 5.95. The molecule has 1 saturated carbocycles. The molecule has 0 radical (unpaired) electrons. The zero-order valence-electron chi connectivity index (χ0n) is 12.3. The van der Waals surface area contributed by atoms with Gasteiger partial charge in [0.05, 0.1) is 0 Å². The minimum Gasteiger partial charge on any atom is -0.330 e. The van der Waals surface area contributed by atoms with E-state index in [2.05, 4.69) is 22.5 Å². The van der Waals surface area contributed by atoms with Crippen LogP contribution >= 0.6 is 0 Å². The first-order chi connectivity index (χ1) is 9.79. The fourth-order valence-electron chi connectivity index (χ4n) is 3.27. The van der Waals surface area contributed by atoms with Crippen molar-refractivity contribution in [1.82, 2.24) is 14.5 Å². The molecule has 3 rings (SSSR count). The van der Waals surface area contributed by atoms with Crippen LogP contribution in [0.1, 0.15) is 55.8 Å². The monoisotopic (exact) mass is 272 g/mol. The molecular weight excluding hydrogens is 248 g/mol. The van der Waals surface area contributed by atoms with Gasteiger partial charge in [-0.25, -0.2) is 9.97 Å². The van der Waals surface area contributed by atoms with Gasteiger partial charge in [0, 0.05) is 18.7 Å². The fraction of sp³-hybridized carbons (Fsp3) is 0.625. The molecule has 4 heteroatoms. The summed E-state index contributed by atoms with van der Waals surface area (Å²) >= 11 is 0. The molecule has 1 aliphatic carbocycles. The van der Waals surface area contributed by atoms with Crippen LogP contribution in [-0.2, 0) is 6.54 Å². The van der Waals surface area contributed by atoms with Crippen molar-refractivity contribution in [2.75, 3.05) is 6.54 Å². The topological polar surface area (TPSA) is 56.7 Å². The van der Waals surface area contributed by atoms with Crippen molar-refractivity contribution >= 4 is 11.2 Å². The highest BCUT2D eigenvalue weighted by Gasteiger charge is 2.22. The average molecular weight is 272 g/mol. The maximum Gasteiger partial charge on any atom is 0.160 e. The number of aromatic nitrogens is 3. The van der Waals surface area contributed by atoms with E-state index in [1.165, 1.54) is 43.5 Å². The van der Waals surface area contributed by atoms with Gasteiger partial charge >= 0.3 is 0 Å². The van der Waals surface area contributed by atoms with Gasteiger partial charge in [0.25, 0.3) is 0 Å². The minimum absolute atomic E-state index is 0.607. The van der Waals surface area contributed by atoms with Crippen LogP contribution < -0.4 is 5.73 Å². The van der Waals surface area contributed by atoms with Crippen LogP contribution in [-0.4, -0.2) is 21.1 Å². The van der Waals surface area contributed by atoms with E-state index in [0.29, 0.717) is 5.92 Å². The molecule has 2 heterocycles. The number of nitrogens with zero attached hydrogens (tertiary/aromatic N) is 3. The summed E-state index contributed by atoms with van der Waals surface area (Å²) in [4.78, 5) is 9.52. The van der Waals surface area contributed by atoms with E-state index in [0.717, 1.165) is 30.7 Å². The Balaban J connectivity index is 2.03. The predicted molar refractivity (Wildman–Crippen MR) is 81.8 cm³/mol. The summed E-state index contributed by atoms with van der Waals surface area (Å²) in [6.07, 6.45) is 9.50. The van der Waals surface area contributed by atoms with Gasteiger partial charge in [-0.15, -0.1) is 0 Å². The first-order valence-electron chi connectivity index (χ1n) is 7.82. The molecule has 0 spiro atoms. The second-order valence-corrected chi connectivity index (χ2v) is 5.95. The second kappa shape index (κ2) is 5.92. The van der Waals surface area contributed by atoms with Crippen LogP contribution in [0.4, 0.5) is 0 Å². The molecule has 0 saturated heterocycles. The van der Waals surface area contributed by atoms with Gasteiger partial charge in [-0.1, -0.05) is 19.3 Å². The molecule has 0 aromatic carbocycles. The Bertz CT molecular complexity index is 581. The molecule has 0 atom stereocenters. The summed E-state index contributed by atoms with van der Waals surface area (Å²) in [5.74, 6) is 1.85. The third kappa shape index (κ3) is 2.57. The molecule has 4 nitrogen and oxygen atoms in total. The average Bonchev–Trinajstić information content (AvgIpc) is 2.83. The number of imidazole rings is 1. The van der Waals surface area contributed by atoms with Crippen LogP contribution in [0, 0.1) is 6.92 Å². The van der Waals surface area contributed by atoms with Crippen molar-refractivity contribution in [1.29, 1.82) is 0 Å².